The smallest absolute Gasteiger partial charge is 0.315 e. The maximum atomic E-state index is 11.4. The fourth-order valence-electron chi connectivity index (χ4n) is 1.71. The second kappa shape index (κ2) is 6.58. The normalized spacial score (nSPS) is 19.1. The number of hydrogen-bond donors (Lipinski definition) is 3. The quantitative estimate of drug-likeness (QED) is 0.599. The van der Waals surface area contributed by atoms with Crippen LogP contribution < -0.4 is 10.6 Å². The highest BCUT2D eigenvalue weighted by Gasteiger charge is 2.24. The lowest BCUT2D eigenvalue weighted by atomic mass is 10.2. The highest BCUT2D eigenvalue weighted by Crippen LogP contribution is 2.11. The lowest BCUT2D eigenvalue weighted by molar-refractivity contribution is -0.137. The topological polar surface area (TPSA) is 113 Å². The Morgan fingerprint density at radius 1 is 1.22 bits per heavy atom. The molecule has 18 heavy (non-hydrogen) atoms. The van der Waals surface area contributed by atoms with Gasteiger partial charge < -0.3 is 15.7 Å². The van der Waals surface area contributed by atoms with Crippen molar-refractivity contribution >= 4 is 21.8 Å². The van der Waals surface area contributed by atoms with Crippen molar-refractivity contribution in [3.8, 4) is 0 Å². The Hall–Kier alpha value is -1.31. The number of nitrogens with one attached hydrogen (secondary N) is 2. The van der Waals surface area contributed by atoms with E-state index in [1.165, 1.54) is 0 Å². The maximum absolute atomic E-state index is 11.4. The van der Waals surface area contributed by atoms with E-state index in [0.29, 0.717) is 25.8 Å². The van der Waals surface area contributed by atoms with Crippen LogP contribution in [-0.2, 0) is 14.6 Å². The number of hydrogen-bond acceptors (Lipinski definition) is 4. The zero-order valence-corrected chi connectivity index (χ0v) is 10.8. The van der Waals surface area contributed by atoms with Crippen molar-refractivity contribution in [2.75, 3.05) is 18.1 Å². The summed E-state index contributed by atoms with van der Waals surface area (Å²) in [6, 6.07) is -0.488. The van der Waals surface area contributed by atoms with Gasteiger partial charge in [0.2, 0.25) is 0 Å². The Labute approximate surface area is 106 Å². The molecule has 1 fully saturated rings. The molecule has 0 aromatic carbocycles. The van der Waals surface area contributed by atoms with Crippen LogP contribution in [0.5, 0.6) is 0 Å². The van der Waals surface area contributed by atoms with Gasteiger partial charge in [-0.2, -0.15) is 0 Å². The predicted molar refractivity (Wildman–Crippen MR) is 65.1 cm³/mol. The molecule has 1 aliphatic heterocycles. The zero-order chi connectivity index (χ0) is 13.6. The number of amides is 2. The Bertz CT molecular complexity index is 392. The third-order valence-corrected chi connectivity index (χ3v) is 4.46. The Kier molecular flexibility index (Phi) is 5.39. The zero-order valence-electron chi connectivity index (χ0n) is 10.0. The van der Waals surface area contributed by atoms with Crippen LogP contribution in [0.3, 0.4) is 0 Å². The van der Waals surface area contributed by atoms with Gasteiger partial charge in [0, 0.05) is 19.0 Å². The number of rotatable bonds is 5. The summed E-state index contributed by atoms with van der Waals surface area (Å²) in [5, 5.41) is 13.6. The number of carboxylic acids is 1. The molecule has 0 aromatic rings. The Morgan fingerprint density at radius 2 is 1.83 bits per heavy atom. The average Bonchev–Trinajstić information content (AvgIpc) is 2.27. The average molecular weight is 278 g/mol. The molecule has 8 heteroatoms. The minimum absolute atomic E-state index is 0.0158. The number of carbonyl (C=O) groups is 2. The molecule has 1 aliphatic rings. The van der Waals surface area contributed by atoms with Gasteiger partial charge in [-0.05, 0) is 19.3 Å². The molecule has 0 atom stereocenters. The first-order valence-electron chi connectivity index (χ1n) is 5.85. The first-order chi connectivity index (χ1) is 8.39. The van der Waals surface area contributed by atoms with Crippen LogP contribution in [0.1, 0.15) is 25.7 Å². The highest BCUT2D eigenvalue weighted by atomic mass is 32.2. The van der Waals surface area contributed by atoms with Gasteiger partial charge in [-0.15, -0.1) is 0 Å². The lowest BCUT2D eigenvalue weighted by Crippen LogP contribution is -2.45. The molecule has 7 nitrogen and oxygen atoms in total. The van der Waals surface area contributed by atoms with E-state index in [-0.39, 0.29) is 30.0 Å². The van der Waals surface area contributed by atoms with Crippen molar-refractivity contribution < 1.29 is 23.1 Å². The molecule has 104 valence electrons. The molecule has 3 N–H and O–H groups in total. The van der Waals surface area contributed by atoms with Crippen LogP contribution in [0.2, 0.25) is 0 Å². The van der Waals surface area contributed by atoms with Gasteiger partial charge in [0.1, 0.15) is 9.84 Å². The molecule has 2 amide bonds. The van der Waals surface area contributed by atoms with E-state index in [0.717, 1.165) is 0 Å². The van der Waals surface area contributed by atoms with Gasteiger partial charge in [-0.25, -0.2) is 13.2 Å². The standard InChI is InChI=1S/C10H18N2O5S/c13-9(14)2-1-5-11-10(15)12-8-3-6-18(16,17)7-4-8/h8H,1-7H2,(H,13,14)(H2,11,12,15). The van der Waals surface area contributed by atoms with E-state index >= 15 is 0 Å². The van der Waals surface area contributed by atoms with Crippen LogP contribution in [0.15, 0.2) is 0 Å². The largest absolute Gasteiger partial charge is 0.481 e. The Morgan fingerprint density at radius 3 is 2.39 bits per heavy atom. The summed E-state index contributed by atoms with van der Waals surface area (Å²) < 4.78 is 22.3. The van der Waals surface area contributed by atoms with Gasteiger partial charge in [-0.1, -0.05) is 0 Å². The second-order valence-electron chi connectivity index (χ2n) is 4.32. The van der Waals surface area contributed by atoms with Gasteiger partial charge in [0.15, 0.2) is 0 Å². The van der Waals surface area contributed by atoms with Crippen molar-refractivity contribution in [2.45, 2.75) is 31.7 Å². The van der Waals surface area contributed by atoms with E-state index in [1.807, 2.05) is 0 Å². The molecule has 0 bridgehead atoms. The molecular weight excluding hydrogens is 260 g/mol. The van der Waals surface area contributed by atoms with Crippen molar-refractivity contribution in [1.82, 2.24) is 10.6 Å². The van der Waals surface area contributed by atoms with Crippen LogP contribution in [0.4, 0.5) is 4.79 Å². The summed E-state index contributed by atoms with van der Waals surface area (Å²) in [6.45, 7) is 0.295. The number of carbonyl (C=O) groups excluding carboxylic acids is 1. The van der Waals surface area contributed by atoms with Crippen molar-refractivity contribution in [3.63, 3.8) is 0 Å². The third-order valence-electron chi connectivity index (χ3n) is 2.74. The number of carboxylic acid groups (broad SMARTS) is 1. The van der Waals surface area contributed by atoms with Gasteiger partial charge in [0.05, 0.1) is 11.5 Å². The molecular formula is C10H18N2O5S. The first kappa shape index (κ1) is 14.7. The summed E-state index contributed by atoms with van der Waals surface area (Å²) in [6.07, 6.45) is 1.26. The minimum Gasteiger partial charge on any atom is -0.481 e. The number of aliphatic carboxylic acids is 1. The van der Waals surface area contributed by atoms with E-state index in [2.05, 4.69) is 10.6 Å². The van der Waals surface area contributed by atoms with Crippen molar-refractivity contribution in [2.24, 2.45) is 0 Å². The fraction of sp³-hybridized carbons (Fsp3) is 0.800. The van der Waals surface area contributed by atoms with Gasteiger partial charge in [-0.3, -0.25) is 4.79 Å². The molecule has 0 radical (unpaired) electrons. The van der Waals surface area contributed by atoms with Crippen LogP contribution in [0, 0.1) is 0 Å². The maximum Gasteiger partial charge on any atom is 0.315 e. The number of sulfone groups is 1. The van der Waals surface area contributed by atoms with Crippen molar-refractivity contribution in [3.05, 3.63) is 0 Å². The highest BCUT2D eigenvalue weighted by molar-refractivity contribution is 7.91. The fourth-order valence-corrected chi connectivity index (χ4v) is 3.20. The molecule has 0 spiro atoms. The minimum atomic E-state index is -2.92. The lowest BCUT2D eigenvalue weighted by Gasteiger charge is -2.23. The van der Waals surface area contributed by atoms with Gasteiger partial charge in [0.25, 0.3) is 0 Å². The van der Waals surface area contributed by atoms with E-state index in [4.69, 9.17) is 5.11 Å². The van der Waals surface area contributed by atoms with Crippen LogP contribution >= 0.6 is 0 Å². The summed E-state index contributed by atoms with van der Waals surface area (Å²) in [7, 11) is -2.92. The summed E-state index contributed by atoms with van der Waals surface area (Å²) in [4.78, 5) is 21.6. The number of urea groups is 1. The molecule has 1 heterocycles. The third kappa shape index (κ3) is 5.85. The van der Waals surface area contributed by atoms with Gasteiger partial charge >= 0.3 is 12.0 Å². The molecule has 0 saturated carbocycles. The molecule has 0 unspecified atom stereocenters. The summed E-state index contributed by atoms with van der Waals surface area (Å²) in [5.41, 5.74) is 0. The van der Waals surface area contributed by atoms with Crippen LogP contribution in [-0.4, -0.2) is 49.6 Å². The van der Waals surface area contributed by atoms with E-state index in [9.17, 15) is 18.0 Å². The van der Waals surface area contributed by atoms with Crippen LogP contribution in [0.25, 0.3) is 0 Å². The monoisotopic (exact) mass is 278 g/mol. The molecule has 1 saturated heterocycles. The first-order valence-corrected chi connectivity index (χ1v) is 7.68. The SMILES string of the molecule is O=C(O)CCCNC(=O)NC1CCS(=O)(=O)CC1. The Balaban J connectivity index is 2.15. The second-order valence-corrected chi connectivity index (χ2v) is 6.63. The van der Waals surface area contributed by atoms with E-state index < -0.39 is 15.8 Å². The van der Waals surface area contributed by atoms with Crippen molar-refractivity contribution in [1.29, 1.82) is 0 Å². The molecule has 1 rings (SSSR count). The molecule has 0 aliphatic carbocycles. The summed E-state index contributed by atoms with van der Waals surface area (Å²) >= 11 is 0. The predicted octanol–water partition coefficient (Wildman–Crippen LogP) is -0.272. The van der Waals surface area contributed by atoms with E-state index in [1.54, 1.807) is 0 Å². The summed E-state index contributed by atoms with van der Waals surface area (Å²) in [5.74, 6) is -0.678. The molecule has 0 aromatic heterocycles.